The summed E-state index contributed by atoms with van der Waals surface area (Å²) in [7, 11) is 3.25. The molecule has 28 heavy (non-hydrogen) atoms. The number of anilines is 1. The Balaban J connectivity index is 2.19. The van der Waals surface area contributed by atoms with Crippen LogP contribution < -0.4 is 10.5 Å². The maximum absolute atomic E-state index is 14.4. The number of nitrogens with zero attached hydrogens (tertiary/aromatic N) is 4. The van der Waals surface area contributed by atoms with E-state index in [1.165, 1.54) is 11.8 Å². The third-order valence-electron chi connectivity index (χ3n) is 4.32. The summed E-state index contributed by atoms with van der Waals surface area (Å²) in [5.74, 6) is -0.922. The summed E-state index contributed by atoms with van der Waals surface area (Å²) >= 11 is 0. The van der Waals surface area contributed by atoms with E-state index in [9.17, 15) is 26.7 Å². The van der Waals surface area contributed by atoms with E-state index in [0.29, 0.717) is 6.07 Å². The smallest absolute Gasteiger partial charge is 0.348 e. The molecule has 0 aliphatic carbocycles. The maximum atomic E-state index is 14.4. The van der Waals surface area contributed by atoms with Gasteiger partial charge in [0.25, 0.3) is 5.56 Å². The van der Waals surface area contributed by atoms with Crippen LogP contribution in [0.5, 0.6) is 0 Å². The zero-order valence-electron chi connectivity index (χ0n) is 15.1. The molecule has 150 valence electrons. The fourth-order valence-corrected chi connectivity index (χ4v) is 2.85. The van der Waals surface area contributed by atoms with Gasteiger partial charge in [-0.05, 0) is 19.1 Å². The fraction of sp³-hybridized carbons (Fsp3) is 0.353. The lowest BCUT2D eigenvalue weighted by Gasteiger charge is -2.17. The van der Waals surface area contributed by atoms with Gasteiger partial charge >= 0.3 is 6.18 Å². The number of halogens is 5. The van der Waals surface area contributed by atoms with Crippen LogP contribution in [-0.4, -0.2) is 33.8 Å². The van der Waals surface area contributed by atoms with Gasteiger partial charge < -0.3 is 4.90 Å². The number of nitrogens with one attached hydrogen (secondary N) is 1. The lowest BCUT2D eigenvalue weighted by Crippen LogP contribution is -2.20. The number of hydrogen-bond acceptors (Lipinski definition) is 4. The number of H-pyrrole nitrogens is 1. The normalized spacial score (nSPS) is 13.1. The van der Waals surface area contributed by atoms with Crippen molar-refractivity contribution in [3.63, 3.8) is 0 Å². The van der Waals surface area contributed by atoms with Crippen LogP contribution in [0.15, 0.2) is 23.0 Å². The summed E-state index contributed by atoms with van der Waals surface area (Å²) in [6.07, 6.45) is -4.68. The summed E-state index contributed by atoms with van der Waals surface area (Å²) in [6.45, 7) is 0.413. The van der Waals surface area contributed by atoms with Gasteiger partial charge in [-0.1, -0.05) is 6.07 Å². The second kappa shape index (κ2) is 6.88. The van der Waals surface area contributed by atoms with Crippen molar-refractivity contribution < 1.29 is 22.0 Å². The van der Waals surface area contributed by atoms with Crippen LogP contribution in [0, 0.1) is 5.82 Å². The van der Waals surface area contributed by atoms with Crippen molar-refractivity contribution >= 4 is 17.0 Å². The monoisotopic (exact) mass is 401 g/mol. The van der Waals surface area contributed by atoms with Gasteiger partial charge in [-0.25, -0.2) is 13.5 Å². The molecule has 0 radical (unpaired) electrons. The molecule has 6 nitrogen and oxygen atoms in total. The van der Waals surface area contributed by atoms with Crippen LogP contribution in [0.4, 0.5) is 27.9 Å². The summed E-state index contributed by atoms with van der Waals surface area (Å²) < 4.78 is 67.2. The van der Waals surface area contributed by atoms with Crippen molar-refractivity contribution in [2.24, 2.45) is 0 Å². The van der Waals surface area contributed by atoms with Crippen LogP contribution in [0.25, 0.3) is 11.0 Å². The number of aromatic amines is 1. The predicted molar refractivity (Wildman–Crippen MR) is 92.5 cm³/mol. The predicted octanol–water partition coefficient (Wildman–Crippen LogP) is 3.42. The first-order valence-electron chi connectivity index (χ1n) is 8.16. The molecule has 0 amide bonds. The summed E-state index contributed by atoms with van der Waals surface area (Å²) in [5.41, 5.74) is -2.02. The second-order valence-electron chi connectivity index (χ2n) is 6.42. The highest BCUT2D eigenvalue weighted by Crippen LogP contribution is 2.32. The standard InChI is InChI=1S/C17H16F5N5O/c1-8(10-5-4-9(6-11(10)19)17(20,21)22)27-14-13(12(7-18)25-27)15(28)24-16(23-14)26(2)3/h4-6,8H,7H2,1-3H3,(H,23,24,28)/t8-/m1/s1. The van der Waals surface area contributed by atoms with E-state index in [1.807, 2.05) is 0 Å². The maximum Gasteiger partial charge on any atom is 0.416 e. The van der Waals surface area contributed by atoms with Gasteiger partial charge in [0, 0.05) is 19.7 Å². The molecule has 1 atom stereocenters. The average molecular weight is 401 g/mol. The lowest BCUT2D eigenvalue weighted by atomic mass is 10.0. The van der Waals surface area contributed by atoms with Crippen molar-refractivity contribution in [3.05, 3.63) is 51.2 Å². The first-order chi connectivity index (χ1) is 13.0. The first kappa shape index (κ1) is 19.8. The highest BCUT2D eigenvalue weighted by molar-refractivity contribution is 5.78. The third kappa shape index (κ3) is 3.32. The fourth-order valence-electron chi connectivity index (χ4n) is 2.85. The zero-order valence-corrected chi connectivity index (χ0v) is 15.1. The van der Waals surface area contributed by atoms with Gasteiger partial charge in [-0.15, -0.1) is 0 Å². The third-order valence-corrected chi connectivity index (χ3v) is 4.32. The molecule has 1 N–H and O–H groups in total. The average Bonchev–Trinajstić information content (AvgIpc) is 2.99. The largest absolute Gasteiger partial charge is 0.416 e. The Hall–Kier alpha value is -2.98. The van der Waals surface area contributed by atoms with Crippen LogP contribution in [0.1, 0.15) is 29.8 Å². The second-order valence-corrected chi connectivity index (χ2v) is 6.42. The molecule has 1 aromatic carbocycles. The first-order valence-corrected chi connectivity index (χ1v) is 8.16. The van der Waals surface area contributed by atoms with Crippen molar-refractivity contribution in [2.45, 2.75) is 25.8 Å². The quantitative estimate of drug-likeness (QED) is 0.681. The molecule has 0 saturated carbocycles. The summed E-state index contributed by atoms with van der Waals surface area (Å²) in [6, 6.07) is 1.20. The Kier molecular flexibility index (Phi) is 4.86. The SMILES string of the molecule is C[C@H](c1ccc(C(F)(F)F)cc1F)n1nc(CF)c2c(=O)[nH]c(N(C)C)nc21. The summed E-state index contributed by atoms with van der Waals surface area (Å²) in [5, 5.41) is 3.92. The van der Waals surface area contributed by atoms with E-state index in [2.05, 4.69) is 15.1 Å². The Bertz CT molecular complexity index is 1090. The lowest BCUT2D eigenvalue weighted by molar-refractivity contribution is -0.137. The molecule has 0 unspecified atom stereocenters. The van der Waals surface area contributed by atoms with E-state index >= 15 is 0 Å². The zero-order chi connectivity index (χ0) is 20.8. The van der Waals surface area contributed by atoms with E-state index in [1.54, 1.807) is 14.1 Å². The molecule has 0 saturated heterocycles. The highest BCUT2D eigenvalue weighted by Gasteiger charge is 2.32. The molecule has 0 aliphatic rings. The van der Waals surface area contributed by atoms with Crippen LogP contribution >= 0.6 is 0 Å². The van der Waals surface area contributed by atoms with Gasteiger partial charge in [0.05, 0.1) is 11.6 Å². The molecule has 0 bridgehead atoms. The van der Waals surface area contributed by atoms with Gasteiger partial charge in [-0.2, -0.15) is 23.3 Å². The molecule has 2 heterocycles. The van der Waals surface area contributed by atoms with Gasteiger partial charge in [-0.3, -0.25) is 9.78 Å². The molecular weight excluding hydrogens is 385 g/mol. The minimum Gasteiger partial charge on any atom is -0.348 e. The number of benzene rings is 1. The van der Waals surface area contributed by atoms with Gasteiger partial charge in [0.2, 0.25) is 5.95 Å². The van der Waals surface area contributed by atoms with E-state index in [0.717, 1.165) is 16.8 Å². The molecule has 11 heteroatoms. The molecule has 3 rings (SSSR count). The van der Waals surface area contributed by atoms with Crippen LogP contribution in [0.2, 0.25) is 0 Å². The number of alkyl halides is 4. The van der Waals surface area contributed by atoms with Crippen LogP contribution in [0.3, 0.4) is 0 Å². The molecule has 0 spiro atoms. The number of rotatable bonds is 4. The van der Waals surface area contributed by atoms with E-state index in [4.69, 9.17) is 0 Å². The van der Waals surface area contributed by atoms with Gasteiger partial charge in [0.15, 0.2) is 5.65 Å². The van der Waals surface area contributed by atoms with Crippen molar-refractivity contribution in [1.82, 2.24) is 19.7 Å². The Morgan fingerprint density at radius 1 is 1.29 bits per heavy atom. The van der Waals surface area contributed by atoms with Crippen LogP contribution in [-0.2, 0) is 12.9 Å². The van der Waals surface area contributed by atoms with E-state index < -0.39 is 35.8 Å². The Labute approximate surface area is 155 Å². The van der Waals surface area contributed by atoms with Crippen molar-refractivity contribution in [2.75, 3.05) is 19.0 Å². The molecule has 0 aliphatic heterocycles. The molecular formula is C17H16F5N5O. The van der Waals surface area contributed by atoms with Crippen molar-refractivity contribution in [3.8, 4) is 0 Å². The highest BCUT2D eigenvalue weighted by atomic mass is 19.4. The Morgan fingerprint density at radius 2 is 1.96 bits per heavy atom. The number of fused-ring (bicyclic) bond motifs is 1. The number of hydrogen-bond donors (Lipinski definition) is 1. The van der Waals surface area contributed by atoms with Gasteiger partial charge in [0.1, 0.15) is 23.6 Å². The summed E-state index contributed by atoms with van der Waals surface area (Å²) in [4.78, 5) is 20.6. The number of aromatic nitrogens is 4. The molecule has 3 aromatic rings. The molecule has 0 fully saturated rings. The van der Waals surface area contributed by atoms with Crippen molar-refractivity contribution in [1.29, 1.82) is 0 Å². The van der Waals surface area contributed by atoms with E-state index in [-0.39, 0.29) is 28.2 Å². The minimum absolute atomic E-state index is 0.00639. The molecule has 2 aromatic heterocycles. The minimum atomic E-state index is -4.68. The Morgan fingerprint density at radius 3 is 2.50 bits per heavy atom. The topological polar surface area (TPSA) is 66.8 Å².